The van der Waals surface area contributed by atoms with E-state index in [1.54, 1.807) is 60.7 Å². The van der Waals surface area contributed by atoms with Crippen LogP contribution in [0, 0.1) is 0 Å². The van der Waals surface area contributed by atoms with E-state index in [2.05, 4.69) is 15.5 Å². The summed E-state index contributed by atoms with van der Waals surface area (Å²) in [5.41, 5.74) is 2.02. The number of imide groups is 1. The van der Waals surface area contributed by atoms with E-state index < -0.39 is 10.0 Å². The van der Waals surface area contributed by atoms with Crippen molar-refractivity contribution < 1.29 is 27.5 Å². The molecule has 14 heteroatoms. The van der Waals surface area contributed by atoms with Crippen LogP contribution in [-0.2, 0) is 16.6 Å². The maximum absolute atomic E-state index is 12.7. The highest BCUT2D eigenvalue weighted by atomic mass is 32.2. The zero-order valence-electron chi connectivity index (χ0n) is 22.5. The molecule has 0 saturated carbocycles. The first kappa shape index (κ1) is 29.4. The molecule has 0 atom stereocenters. The Labute approximate surface area is 250 Å². The number of sulfonamides is 1. The van der Waals surface area contributed by atoms with Crippen LogP contribution in [0.3, 0.4) is 0 Å². The van der Waals surface area contributed by atoms with Crippen molar-refractivity contribution in [2.45, 2.75) is 15.8 Å². The van der Waals surface area contributed by atoms with E-state index in [4.69, 9.17) is 4.74 Å². The summed E-state index contributed by atoms with van der Waals surface area (Å²) >= 11 is 2.54. The Balaban J connectivity index is 1.08. The highest BCUT2D eigenvalue weighted by molar-refractivity contribution is 8.01. The van der Waals surface area contributed by atoms with E-state index in [0.29, 0.717) is 37.7 Å². The number of rotatable bonds is 11. The molecule has 3 aromatic carbocycles. The van der Waals surface area contributed by atoms with E-state index >= 15 is 0 Å². The molecule has 0 fully saturated rings. The van der Waals surface area contributed by atoms with Crippen LogP contribution in [0.2, 0.25) is 0 Å². The molecular weight excluding hydrogens is 599 g/mol. The second-order valence-corrected chi connectivity index (χ2v) is 13.7. The third kappa shape index (κ3) is 6.36. The lowest BCUT2D eigenvalue weighted by Crippen LogP contribution is -2.31. The molecule has 42 heavy (non-hydrogen) atoms. The van der Waals surface area contributed by atoms with Crippen LogP contribution in [0.4, 0.5) is 5.13 Å². The van der Waals surface area contributed by atoms with Crippen LogP contribution in [-0.4, -0.2) is 71.9 Å². The minimum atomic E-state index is -3.49. The average molecular weight is 624 g/mol. The van der Waals surface area contributed by atoms with Gasteiger partial charge in [-0.15, -0.1) is 10.2 Å². The van der Waals surface area contributed by atoms with E-state index in [-0.39, 0.29) is 35.8 Å². The molecule has 216 valence electrons. The van der Waals surface area contributed by atoms with Gasteiger partial charge >= 0.3 is 0 Å². The highest BCUT2D eigenvalue weighted by Crippen LogP contribution is 2.28. The number of benzene rings is 3. The average Bonchev–Trinajstić information content (AvgIpc) is 3.54. The zero-order valence-corrected chi connectivity index (χ0v) is 25.0. The number of ether oxygens (including phenoxy) is 1. The summed E-state index contributed by atoms with van der Waals surface area (Å²) in [6.07, 6.45) is 0. The minimum Gasteiger partial charge on any atom is -0.489 e. The summed E-state index contributed by atoms with van der Waals surface area (Å²) < 4.78 is 31.9. The van der Waals surface area contributed by atoms with Gasteiger partial charge in [0.1, 0.15) is 12.4 Å². The first-order chi connectivity index (χ1) is 20.1. The van der Waals surface area contributed by atoms with Gasteiger partial charge in [-0.2, -0.15) is 0 Å². The molecule has 1 N–H and O–H groups in total. The number of thioether (sulfide) groups is 1. The largest absolute Gasteiger partial charge is 0.489 e. The van der Waals surface area contributed by atoms with E-state index in [9.17, 15) is 22.8 Å². The summed E-state index contributed by atoms with van der Waals surface area (Å²) in [5.74, 6) is 0.0195. The van der Waals surface area contributed by atoms with Gasteiger partial charge in [0.2, 0.25) is 15.2 Å². The summed E-state index contributed by atoms with van der Waals surface area (Å²) in [6, 6.07) is 19.8. The molecule has 1 aromatic heterocycles. The van der Waals surface area contributed by atoms with Crippen molar-refractivity contribution in [2.24, 2.45) is 0 Å². The number of fused-ring (bicyclic) bond motifs is 1. The van der Waals surface area contributed by atoms with Crippen molar-refractivity contribution in [3.63, 3.8) is 0 Å². The third-order valence-electron chi connectivity index (χ3n) is 6.27. The summed E-state index contributed by atoms with van der Waals surface area (Å²) in [6.45, 7) is 0.461. The molecule has 0 bridgehead atoms. The van der Waals surface area contributed by atoms with Crippen LogP contribution in [0.5, 0.6) is 5.75 Å². The fraction of sp³-hybridized carbons (Fsp3) is 0.179. The molecule has 0 aliphatic carbocycles. The molecule has 1 aliphatic rings. The number of carbonyl (C=O) groups excluding carboxylic acids is 3. The number of nitrogens with zero attached hydrogens (tertiary/aromatic N) is 4. The van der Waals surface area contributed by atoms with Crippen molar-refractivity contribution in [3.8, 4) is 5.75 Å². The fourth-order valence-electron chi connectivity index (χ4n) is 3.99. The van der Waals surface area contributed by atoms with Gasteiger partial charge < -0.3 is 4.74 Å². The number of aromatic nitrogens is 2. The molecule has 1 aliphatic heterocycles. The Kier molecular flexibility index (Phi) is 8.68. The van der Waals surface area contributed by atoms with Crippen molar-refractivity contribution in [2.75, 3.05) is 31.7 Å². The van der Waals surface area contributed by atoms with E-state index in [1.165, 1.54) is 54.2 Å². The molecule has 0 saturated heterocycles. The predicted molar refractivity (Wildman–Crippen MR) is 158 cm³/mol. The van der Waals surface area contributed by atoms with Crippen LogP contribution in [0.1, 0.15) is 36.6 Å². The van der Waals surface area contributed by atoms with Gasteiger partial charge in [-0.25, -0.2) is 12.7 Å². The second-order valence-electron chi connectivity index (χ2n) is 9.23. The van der Waals surface area contributed by atoms with Gasteiger partial charge in [0.15, 0.2) is 4.34 Å². The molecule has 0 unspecified atom stereocenters. The number of hydrogen-bond donors (Lipinski definition) is 1. The summed E-state index contributed by atoms with van der Waals surface area (Å²) in [7, 11) is -0.535. The number of carbonyl (C=O) groups is 3. The molecule has 5 rings (SSSR count). The SMILES string of the molecule is CN(C)S(=O)(=O)c1ccc(COc2ccc(C(=O)Nc3nnc(SCCN4C(=O)c5ccccc5C4=O)s3)cc2)cc1. The molecule has 3 amide bonds. The first-order valence-electron chi connectivity index (χ1n) is 12.6. The lowest BCUT2D eigenvalue weighted by molar-refractivity contribution is 0.0664. The number of nitrogens with one attached hydrogen (secondary N) is 1. The highest BCUT2D eigenvalue weighted by Gasteiger charge is 2.34. The lowest BCUT2D eigenvalue weighted by Gasteiger charge is -2.12. The second kappa shape index (κ2) is 12.4. The Morgan fingerprint density at radius 2 is 1.60 bits per heavy atom. The molecule has 2 heterocycles. The molecule has 11 nitrogen and oxygen atoms in total. The maximum Gasteiger partial charge on any atom is 0.261 e. The van der Waals surface area contributed by atoms with Gasteiger partial charge in [0.05, 0.1) is 16.0 Å². The van der Waals surface area contributed by atoms with Crippen molar-refractivity contribution in [1.29, 1.82) is 0 Å². The molecule has 0 spiro atoms. The van der Waals surface area contributed by atoms with Gasteiger partial charge in [-0.1, -0.05) is 47.4 Å². The molecule has 4 aromatic rings. The fourth-order valence-corrected chi connectivity index (χ4v) is 6.64. The van der Waals surface area contributed by atoms with Gasteiger partial charge in [-0.05, 0) is 54.1 Å². The molecular formula is C28H25N5O6S3. The Morgan fingerprint density at radius 3 is 2.21 bits per heavy atom. The number of anilines is 1. The lowest BCUT2D eigenvalue weighted by atomic mass is 10.1. The first-order valence-corrected chi connectivity index (χ1v) is 15.8. The summed E-state index contributed by atoms with van der Waals surface area (Å²) in [5, 5.41) is 11.1. The van der Waals surface area contributed by atoms with Gasteiger partial charge in [0.25, 0.3) is 17.7 Å². The van der Waals surface area contributed by atoms with Crippen LogP contribution in [0.15, 0.2) is 82.0 Å². The number of amides is 3. The predicted octanol–water partition coefficient (Wildman–Crippen LogP) is 4.01. The third-order valence-corrected chi connectivity index (χ3v) is 10.1. The van der Waals surface area contributed by atoms with Crippen molar-refractivity contribution in [1.82, 2.24) is 19.4 Å². The Morgan fingerprint density at radius 1 is 0.952 bits per heavy atom. The topological polar surface area (TPSA) is 139 Å². The normalized spacial score (nSPS) is 13.0. The Hall–Kier alpha value is -4.11. The van der Waals surface area contributed by atoms with E-state index in [0.717, 1.165) is 9.87 Å². The molecule has 0 radical (unpaired) electrons. The monoisotopic (exact) mass is 623 g/mol. The van der Waals surface area contributed by atoms with E-state index in [1.807, 2.05) is 0 Å². The van der Waals surface area contributed by atoms with Crippen molar-refractivity contribution >= 4 is 56.0 Å². The quantitative estimate of drug-likeness (QED) is 0.149. The summed E-state index contributed by atoms with van der Waals surface area (Å²) in [4.78, 5) is 39.1. The van der Waals surface area contributed by atoms with Gasteiger partial charge in [0, 0.05) is 32.0 Å². The number of hydrogen-bond acceptors (Lipinski definition) is 10. The minimum absolute atomic E-state index is 0.203. The Bertz CT molecular complexity index is 1700. The van der Waals surface area contributed by atoms with Crippen LogP contribution < -0.4 is 10.1 Å². The smallest absolute Gasteiger partial charge is 0.261 e. The zero-order chi connectivity index (χ0) is 29.9. The van der Waals surface area contributed by atoms with Gasteiger partial charge in [-0.3, -0.25) is 24.6 Å². The van der Waals surface area contributed by atoms with Crippen LogP contribution >= 0.6 is 23.1 Å². The van der Waals surface area contributed by atoms with Crippen LogP contribution in [0.25, 0.3) is 0 Å². The standard InChI is InChI=1S/C28H25N5O6S3/c1-32(2)42(37,38)21-13-7-18(8-14-21)17-39-20-11-9-19(10-12-20)24(34)29-27-30-31-28(41-27)40-16-15-33-25(35)22-5-3-4-6-23(22)26(33)36/h3-14H,15-17H2,1-2H3,(H,29,30,34). The van der Waals surface area contributed by atoms with Crippen molar-refractivity contribution in [3.05, 3.63) is 95.1 Å². The maximum atomic E-state index is 12.7.